The molecule has 0 saturated carbocycles. The number of nitrogens with one attached hydrogen (secondary N) is 1. The lowest BCUT2D eigenvalue weighted by Crippen LogP contribution is -2.19. The van der Waals surface area contributed by atoms with E-state index < -0.39 is 0 Å². The maximum absolute atomic E-state index is 5.91. The fraction of sp³-hybridized carbons (Fsp3) is 0.529. The van der Waals surface area contributed by atoms with E-state index in [9.17, 15) is 0 Å². The summed E-state index contributed by atoms with van der Waals surface area (Å²) in [4.78, 5) is 0. The Labute approximate surface area is 140 Å². The van der Waals surface area contributed by atoms with E-state index in [2.05, 4.69) is 46.6 Å². The number of rotatable bonds is 9. The van der Waals surface area contributed by atoms with Crippen LogP contribution in [-0.2, 0) is 0 Å². The summed E-state index contributed by atoms with van der Waals surface area (Å²) in [6.45, 7) is 3.22. The van der Waals surface area contributed by atoms with Crippen LogP contribution in [0.5, 0.6) is 0 Å². The number of furan rings is 1. The molecule has 0 aliphatic carbocycles. The second-order valence-electron chi connectivity index (χ2n) is 5.41. The molecule has 0 aliphatic rings. The lowest BCUT2D eigenvalue weighted by molar-refractivity contribution is 0.444. The van der Waals surface area contributed by atoms with Gasteiger partial charge in [0.2, 0.25) is 0 Å². The number of fused-ring (bicyclic) bond motifs is 1. The van der Waals surface area contributed by atoms with Crippen molar-refractivity contribution in [1.82, 2.24) is 5.32 Å². The van der Waals surface area contributed by atoms with Crippen molar-refractivity contribution in [3.8, 4) is 0 Å². The Morgan fingerprint density at radius 3 is 2.81 bits per heavy atom. The molecule has 0 fully saturated rings. The van der Waals surface area contributed by atoms with Crippen molar-refractivity contribution < 1.29 is 4.42 Å². The van der Waals surface area contributed by atoms with Crippen LogP contribution in [0.25, 0.3) is 11.0 Å². The maximum Gasteiger partial charge on any atom is 0.134 e. The average Bonchev–Trinajstić information content (AvgIpc) is 2.89. The normalized spacial score (nSPS) is 12.9. The summed E-state index contributed by atoms with van der Waals surface area (Å²) in [6, 6.07) is 8.53. The van der Waals surface area contributed by atoms with Crippen molar-refractivity contribution in [2.24, 2.45) is 0 Å². The number of halogens is 1. The Morgan fingerprint density at radius 1 is 1.19 bits per heavy atom. The van der Waals surface area contributed by atoms with Gasteiger partial charge >= 0.3 is 0 Å². The molecule has 21 heavy (non-hydrogen) atoms. The van der Waals surface area contributed by atoms with Crippen molar-refractivity contribution in [3.05, 3.63) is 34.5 Å². The van der Waals surface area contributed by atoms with Crippen LogP contribution in [0.3, 0.4) is 0 Å². The first-order valence-electron chi connectivity index (χ1n) is 7.62. The van der Waals surface area contributed by atoms with E-state index in [4.69, 9.17) is 4.42 Å². The molecule has 0 bridgehead atoms. The molecule has 1 heterocycles. The highest BCUT2D eigenvalue weighted by atomic mass is 79.9. The molecule has 1 atom stereocenters. The van der Waals surface area contributed by atoms with Crippen molar-refractivity contribution >= 4 is 38.7 Å². The van der Waals surface area contributed by atoms with Gasteiger partial charge in [-0.05, 0) is 62.6 Å². The summed E-state index contributed by atoms with van der Waals surface area (Å²) in [6.07, 6.45) is 7.41. The van der Waals surface area contributed by atoms with Crippen LogP contribution in [0.15, 0.2) is 33.2 Å². The average molecular weight is 370 g/mol. The molecule has 4 heteroatoms. The standard InChI is InChI=1S/C17H24BrNOS/c1-13(19-9-5-3-4-6-10-21-2)17-12-14-11-15(18)7-8-16(14)20-17/h7-8,11-13,19H,3-6,9-10H2,1-2H3. The molecule has 1 aromatic carbocycles. The van der Waals surface area contributed by atoms with Gasteiger partial charge in [0.05, 0.1) is 6.04 Å². The van der Waals surface area contributed by atoms with Crippen molar-refractivity contribution in [2.45, 2.75) is 38.6 Å². The molecule has 0 aliphatic heterocycles. The molecule has 0 radical (unpaired) electrons. The molecule has 0 spiro atoms. The van der Waals surface area contributed by atoms with Gasteiger partial charge in [-0.15, -0.1) is 0 Å². The quantitative estimate of drug-likeness (QED) is 0.568. The number of unbranched alkanes of at least 4 members (excludes halogenated alkanes) is 3. The minimum absolute atomic E-state index is 0.266. The summed E-state index contributed by atoms with van der Waals surface area (Å²) < 4.78 is 7.00. The zero-order valence-electron chi connectivity index (χ0n) is 12.8. The maximum atomic E-state index is 5.91. The Hall–Kier alpha value is -0.450. The molecule has 116 valence electrons. The van der Waals surface area contributed by atoms with E-state index in [1.165, 1.54) is 31.4 Å². The highest BCUT2D eigenvalue weighted by molar-refractivity contribution is 9.10. The van der Waals surface area contributed by atoms with Crippen molar-refractivity contribution in [3.63, 3.8) is 0 Å². The van der Waals surface area contributed by atoms with Gasteiger partial charge in [0.1, 0.15) is 11.3 Å². The van der Waals surface area contributed by atoms with Gasteiger partial charge in [-0.3, -0.25) is 0 Å². The Balaban J connectivity index is 1.75. The van der Waals surface area contributed by atoms with Crippen molar-refractivity contribution in [1.29, 1.82) is 0 Å². The highest BCUT2D eigenvalue weighted by Crippen LogP contribution is 2.26. The topological polar surface area (TPSA) is 25.2 Å². The van der Waals surface area contributed by atoms with Crippen LogP contribution < -0.4 is 5.32 Å². The predicted molar refractivity (Wildman–Crippen MR) is 97.2 cm³/mol. The van der Waals surface area contributed by atoms with Gasteiger partial charge in [-0.2, -0.15) is 11.8 Å². The molecule has 2 rings (SSSR count). The molecular weight excluding hydrogens is 346 g/mol. The van der Waals surface area contributed by atoms with Gasteiger partial charge in [0, 0.05) is 9.86 Å². The zero-order valence-corrected chi connectivity index (χ0v) is 15.2. The van der Waals surface area contributed by atoms with Gasteiger partial charge in [-0.1, -0.05) is 28.8 Å². The summed E-state index contributed by atoms with van der Waals surface area (Å²) >= 11 is 5.44. The molecule has 1 aromatic heterocycles. The molecule has 2 nitrogen and oxygen atoms in total. The van der Waals surface area contributed by atoms with Crippen LogP contribution in [0.4, 0.5) is 0 Å². The lowest BCUT2D eigenvalue weighted by Gasteiger charge is -2.10. The van der Waals surface area contributed by atoms with E-state index >= 15 is 0 Å². The Morgan fingerprint density at radius 2 is 2.00 bits per heavy atom. The van der Waals surface area contributed by atoms with Crippen LogP contribution in [0.1, 0.15) is 44.4 Å². The van der Waals surface area contributed by atoms with Gasteiger partial charge in [0.15, 0.2) is 0 Å². The van der Waals surface area contributed by atoms with Crippen molar-refractivity contribution in [2.75, 3.05) is 18.6 Å². The van der Waals surface area contributed by atoms with Crippen LogP contribution in [-0.4, -0.2) is 18.6 Å². The molecule has 1 N–H and O–H groups in total. The van der Waals surface area contributed by atoms with E-state index in [0.717, 1.165) is 27.7 Å². The van der Waals surface area contributed by atoms with Crippen LogP contribution in [0, 0.1) is 0 Å². The third kappa shape index (κ3) is 5.35. The van der Waals surface area contributed by atoms with E-state index in [0.29, 0.717) is 0 Å². The summed E-state index contributed by atoms with van der Waals surface area (Å²) in [5.41, 5.74) is 0.957. The lowest BCUT2D eigenvalue weighted by atomic mass is 10.2. The zero-order chi connectivity index (χ0) is 15.1. The molecule has 0 amide bonds. The monoisotopic (exact) mass is 369 g/mol. The number of thioether (sulfide) groups is 1. The molecular formula is C17H24BrNOS. The van der Waals surface area contributed by atoms with E-state index in [-0.39, 0.29) is 6.04 Å². The smallest absolute Gasteiger partial charge is 0.134 e. The Kier molecular flexibility index (Phi) is 7.14. The van der Waals surface area contributed by atoms with Gasteiger partial charge in [-0.25, -0.2) is 0 Å². The third-order valence-electron chi connectivity index (χ3n) is 3.65. The second kappa shape index (κ2) is 8.86. The van der Waals surface area contributed by atoms with Crippen LogP contribution in [0.2, 0.25) is 0 Å². The first-order chi connectivity index (χ1) is 10.2. The van der Waals surface area contributed by atoms with Gasteiger partial charge < -0.3 is 9.73 Å². The predicted octanol–water partition coefficient (Wildman–Crippen LogP) is 5.77. The molecule has 2 aromatic rings. The summed E-state index contributed by atoms with van der Waals surface area (Å²) in [5, 5.41) is 4.71. The van der Waals surface area contributed by atoms with Gasteiger partial charge in [0.25, 0.3) is 0 Å². The van der Waals surface area contributed by atoms with E-state index in [1.807, 2.05) is 23.9 Å². The van der Waals surface area contributed by atoms with Crippen LogP contribution >= 0.6 is 27.7 Å². The summed E-state index contributed by atoms with van der Waals surface area (Å²) in [5.74, 6) is 2.31. The third-order valence-corrected chi connectivity index (χ3v) is 4.84. The SMILES string of the molecule is CSCCCCCCNC(C)c1cc2cc(Br)ccc2o1. The number of hydrogen-bond donors (Lipinski definition) is 1. The minimum Gasteiger partial charge on any atom is -0.459 e. The Bertz CT molecular complexity index is 555. The fourth-order valence-corrected chi connectivity index (χ4v) is 3.26. The minimum atomic E-state index is 0.266. The number of hydrogen-bond acceptors (Lipinski definition) is 3. The fourth-order valence-electron chi connectivity index (χ4n) is 2.39. The molecule has 1 unspecified atom stereocenters. The first-order valence-corrected chi connectivity index (χ1v) is 9.80. The second-order valence-corrected chi connectivity index (χ2v) is 7.32. The highest BCUT2D eigenvalue weighted by Gasteiger charge is 2.10. The largest absolute Gasteiger partial charge is 0.459 e. The summed E-state index contributed by atoms with van der Waals surface area (Å²) in [7, 11) is 0. The number of benzene rings is 1. The molecule has 0 saturated heterocycles. The van der Waals surface area contributed by atoms with E-state index in [1.54, 1.807) is 0 Å². The first kappa shape index (κ1) is 16.9.